The number of likely N-dealkylation sites (tertiary alicyclic amines) is 1. The number of nitrogens with one attached hydrogen (secondary N) is 2. The number of carbonyl (C=O) groups excluding carboxylic acids is 2. The molecule has 0 aromatic heterocycles. The van der Waals surface area contributed by atoms with E-state index in [4.69, 9.17) is 4.74 Å². The third-order valence-electron chi connectivity index (χ3n) is 4.63. The fourth-order valence-corrected chi connectivity index (χ4v) is 3.21. The first kappa shape index (κ1) is 18.8. The number of hydrogen-bond acceptors (Lipinski definition) is 3. The SMILES string of the molecule is COc1cccc(NC(=O)Nc2ccccc2C(=O)N2CCCCCC2)c1. The molecule has 1 heterocycles. The van der Waals surface area contributed by atoms with Gasteiger partial charge in [-0.3, -0.25) is 4.79 Å². The van der Waals surface area contributed by atoms with E-state index in [2.05, 4.69) is 10.6 Å². The Kier molecular flexibility index (Phi) is 6.30. The Morgan fingerprint density at radius 3 is 2.41 bits per heavy atom. The number of methoxy groups -OCH3 is 1. The summed E-state index contributed by atoms with van der Waals surface area (Å²) in [6, 6.07) is 13.8. The molecular weight excluding hydrogens is 342 g/mol. The van der Waals surface area contributed by atoms with Crippen LogP contribution in [0.2, 0.25) is 0 Å². The van der Waals surface area contributed by atoms with E-state index in [0.717, 1.165) is 38.8 Å². The lowest BCUT2D eigenvalue weighted by atomic mass is 10.1. The molecule has 1 aliphatic heterocycles. The maximum atomic E-state index is 12.9. The Morgan fingerprint density at radius 2 is 1.67 bits per heavy atom. The highest BCUT2D eigenvalue weighted by molar-refractivity contribution is 6.06. The van der Waals surface area contributed by atoms with E-state index >= 15 is 0 Å². The van der Waals surface area contributed by atoms with E-state index in [1.165, 1.54) is 0 Å². The molecule has 0 atom stereocenters. The van der Waals surface area contributed by atoms with Gasteiger partial charge >= 0.3 is 6.03 Å². The van der Waals surface area contributed by atoms with Gasteiger partial charge in [0, 0.05) is 24.8 Å². The van der Waals surface area contributed by atoms with Gasteiger partial charge in [-0.15, -0.1) is 0 Å². The van der Waals surface area contributed by atoms with Gasteiger partial charge in [0.25, 0.3) is 5.91 Å². The van der Waals surface area contributed by atoms with Crippen LogP contribution >= 0.6 is 0 Å². The average molecular weight is 367 g/mol. The van der Waals surface area contributed by atoms with Crippen molar-refractivity contribution >= 4 is 23.3 Å². The molecule has 6 nitrogen and oxygen atoms in total. The highest BCUT2D eigenvalue weighted by Crippen LogP contribution is 2.21. The second kappa shape index (κ2) is 9.07. The topological polar surface area (TPSA) is 70.7 Å². The Morgan fingerprint density at radius 1 is 0.926 bits per heavy atom. The summed E-state index contributed by atoms with van der Waals surface area (Å²) in [5, 5.41) is 5.56. The van der Waals surface area contributed by atoms with Gasteiger partial charge in [0.05, 0.1) is 18.4 Å². The van der Waals surface area contributed by atoms with Crippen LogP contribution in [-0.4, -0.2) is 37.0 Å². The molecule has 1 saturated heterocycles. The first-order valence-corrected chi connectivity index (χ1v) is 9.28. The van der Waals surface area contributed by atoms with Crippen molar-refractivity contribution in [3.8, 4) is 5.75 Å². The molecule has 1 aliphatic rings. The van der Waals surface area contributed by atoms with Gasteiger partial charge in [-0.2, -0.15) is 0 Å². The number of amides is 3. The third kappa shape index (κ3) is 5.00. The van der Waals surface area contributed by atoms with Crippen LogP contribution in [0.15, 0.2) is 48.5 Å². The van der Waals surface area contributed by atoms with Gasteiger partial charge in [-0.05, 0) is 37.1 Å². The monoisotopic (exact) mass is 367 g/mol. The van der Waals surface area contributed by atoms with Crippen LogP contribution in [0.3, 0.4) is 0 Å². The van der Waals surface area contributed by atoms with Gasteiger partial charge in [-0.1, -0.05) is 31.0 Å². The highest BCUT2D eigenvalue weighted by Gasteiger charge is 2.20. The van der Waals surface area contributed by atoms with Crippen molar-refractivity contribution in [1.29, 1.82) is 0 Å². The number of benzene rings is 2. The fraction of sp³-hybridized carbons (Fsp3) is 0.333. The lowest BCUT2D eigenvalue weighted by molar-refractivity contribution is 0.0762. The Hall–Kier alpha value is -3.02. The van der Waals surface area contributed by atoms with Crippen LogP contribution in [0.4, 0.5) is 16.2 Å². The van der Waals surface area contributed by atoms with Crippen molar-refractivity contribution < 1.29 is 14.3 Å². The maximum Gasteiger partial charge on any atom is 0.323 e. The predicted octanol–water partition coefficient (Wildman–Crippen LogP) is 4.36. The molecule has 6 heteroatoms. The summed E-state index contributed by atoms with van der Waals surface area (Å²) in [6.45, 7) is 1.53. The zero-order valence-corrected chi connectivity index (χ0v) is 15.5. The standard InChI is InChI=1S/C21H25N3O3/c1-27-17-10-8-9-16(15-17)22-21(26)23-19-12-5-4-11-18(19)20(25)24-13-6-2-3-7-14-24/h4-5,8-12,15H,2-3,6-7,13-14H2,1H3,(H2,22,23,26). The minimum atomic E-state index is -0.403. The van der Waals surface area contributed by atoms with Crippen molar-refractivity contribution in [2.75, 3.05) is 30.8 Å². The molecule has 0 unspecified atom stereocenters. The number of urea groups is 1. The largest absolute Gasteiger partial charge is 0.497 e. The molecule has 27 heavy (non-hydrogen) atoms. The molecule has 0 radical (unpaired) electrons. The van der Waals surface area contributed by atoms with Gasteiger partial charge in [0.15, 0.2) is 0 Å². The number of anilines is 2. The van der Waals surface area contributed by atoms with Gasteiger partial charge in [0.1, 0.15) is 5.75 Å². The van der Waals surface area contributed by atoms with Crippen molar-refractivity contribution in [3.63, 3.8) is 0 Å². The molecule has 2 aromatic carbocycles. The summed E-state index contributed by atoms with van der Waals surface area (Å²) in [5.41, 5.74) is 1.63. The van der Waals surface area contributed by atoms with Crippen molar-refractivity contribution in [3.05, 3.63) is 54.1 Å². The van der Waals surface area contributed by atoms with Gasteiger partial charge in [-0.25, -0.2) is 4.79 Å². The highest BCUT2D eigenvalue weighted by atomic mass is 16.5. The molecule has 0 saturated carbocycles. The van der Waals surface area contributed by atoms with Crippen LogP contribution in [0.5, 0.6) is 5.75 Å². The smallest absolute Gasteiger partial charge is 0.323 e. The van der Waals surface area contributed by atoms with Crippen LogP contribution in [-0.2, 0) is 0 Å². The summed E-state index contributed by atoms with van der Waals surface area (Å²) in [5.74, 6) is 0.624. The predicted molar refractivity (Wildman–Crippen MR) is 106 cm³/mol. The first-order chi connectivity index (χ1) is 13.2. The summed E-state index contributed by atoms with van der Waals surface area (Å²) in [6.07, 6.45) is 4.37. The molecule has 0 bridgehead atoms. The van der Waals surface area contributed by atoms with E-state index in [1.54, 1.807) is 49.6 Å². The molecule has 142 valence electrons. The summed E-state index contributed by atoms with van der Waals surface area (Å²) in [4.78, 5) is 27.2. The summed E-state index contributed by atoms with van der Waals surface area (Å²) < 4.78 is 5.16. The van der Waals surface area contributed by atoms with Crippen molar-refractivity contribution in [2.45, 2.75) is 25.7 Å². The zero-order chi connectivity index (χ0) is 19.1. The average Bonchev–Trinajstić information content (AvgIpc) is 2.97. The van der Waals surface area contributed by atoms with Crippen LogP contribution < -0.4 is 15.4 Å². The lowest BCUT2D eigenvalue weighted by Crippen LogP contribution is -2.32. The molecule has 3 amide bonds. The van der Waals surface area contributed by atoms with Crippen LogP contribution in [0.25, 0.3) is 0 Å². The zero-order valence-electron chi connectivity index (χ0n) is 15.5. The second-order valence-corrected chi connectivity index (χ2v) is 6.56. The van der Waals surface area contributed by atoms with E-state index in [-0.39, 0.29) is 5.91 Å². The third-order valence-corrected chi connectivity index (χ3v) is 4.63. The molecular formula is C21H25N3O3. The fourth-order valence-electron chi connectivity index (χ4n) is 3.21. The normalized spacial score (nSPS) is 14.2. The number of ether oxygens (including phenoxy) is 1. The van der Waals surface area contributed by atoms with E-state index in [1.807, 2.05) is 11.0 Å². The minimum Gasteiger partial charge on any atom is -0.497 e. The first-order valence-electron chi connectivity index (χ1n) is 9.28. The van der Waals surface area contributed by atoms with Crippen LogP contribution in [0, 0.1) is 0 Å². The molecule has 2 N–H and O–H groups in total. The molecule has 3 rings (SSSR count). The number of para-hydroxylation sites is 1. The van der Waals surface area contributed by atoms with Gasteiger partial charge < -0.3 is 20.3 Å². The minimum absolute atomic E-state index is 0.0332. The Balaban J connectivity index is 1.71. The number of carbonyl (C=O) groups is 2. The molecule has 0 aliphatic carbocycles. The summed E-state index contributed by atoms with van der Waals surface area (Å²) >= 11 is 0. The quantitative estimate of drug-likeness (QED) is 0.844. The Bertz CT molecular complexity index is 799. The Labute approximate surface area is 159 Å². The molecule has 0 spiro atoms. The molecule has 2 aromatic rings. The van der Waals surface area contributed by atoms with E-state index < -0.39 is 6.03 Å². The summed E-state index contributed by atoms with van der Waals surface area (Å²) in [7, 11) is 1.57. The van der Waals surface area contributed by atoms with Gasteiger partial charge in [0.2, 0.25) is 0 Å². The number of nitrogens with zero attached hydrogens (tertiary/aromatic N) is 1. The van der Waals surface area contributed by atoms with E-state index in [9.17, 15) is 9.59 Å². The van der Waals surface area contributed by atoms with Crippen LogP contribution in [0.1, 0.15) is 36.0 Å². The van der Waals surface area contributed by atoms with Crippen molar-refractivity contribution in [2.24, 2.45) is 0 Å². The second-order valence-electron chi connectivity index (χ2n) is 6.56. The van der Waals surface area contributed by atoms with Crippen molar-refractivity contribution in [1.82, 2.24) is 4.90 Å². The van der Waals surface area contributed by atoms with E-state index in [0.29, 0.717) is 22.7 Å². The number of rotatable bonds is 4. The lowest BCUT2D eigenvalue weighted by Gasteiger charge is -2.22. The number of hydrogen-bond donors (Lipinski definition) is 2. The maximum absolute atomic E-state index is 12.9. The molecule has 1 fully saturated rings.